The Hall–Kier alpha value is -3.19. The van der Waals surface area contributed by atoms with E-state index in [0.29, 0.717) is 11.5 Å². The molecule has 0 aliphatic heterocycles. The number of thiophene rings is 1. The van der Waals surface area contributed by atoms with Crippen LogP contribution in [0.2, 0.25) is 0 Å². The van der Waals surface area contributed by atoms with Gasteiger partial charge < -0.3 is 10.1 Å². The fourth-order valence-electron chi connectivity index (χ4n) is 2.69. The van der Waals surface area contributed by atoms with Crippen LogP contribution in [0.5, 0.6) is 5.75 Å². The third-order valence-corrected chi connectivity index (χ3v) is 5.40. The first-order valence-corrected chi connectivity index (χ1v) is 9.56. The van der Waals surface area contributed by atoms with Crippen molar-refractivity contribution in [2.45, 2.75) is 27.4 Å². The van der Waals surface area contributed by atoms with Gasteiger partial charge in [0.2, 0.25) is 0 Å². The summed E-state index contributed by atoms with van der Waals surface area (Å²) in [5, 5.41) is 15.7. The molecule has 7 heteroatoms. The fourth-order valence-corrected chi connectivity index (χ4v) is 3.49. The minimum Gasteiger partial charge on any atom is -0.489 e. The minimum atomic E-state index is -0.500. The third-order valence-electron chi connectivity index (χ3n) is 4.42. The van der Waals surface area contributed by atoms with Crippen LogP contribution >= 0.6 is 11.3 Å². The number of amides is 1. The SMILES string of the molecule is Cc1ccc(NC(=O)c2cc(COc3cccc(C)c3C)cs2)c([N+](=O)[O-])c1. The molecule has 0 aliphatic rings. The molecule has 0 unspecified atom stereocenters. The van der Waals surface area contributed by atoms with E-state index in [1.165, 1.54) is 17.4 Å². The number of hydrogen-bond donors (Lipinski definition) is 1. The smallest absolute Gasteiger partial charge is 0.293 e. The highest BCUT2D eigenvalue weighted by Gasteiger charge is 2.18. The summed E-state index contributed by atoms with van der Waals surface area (Å²) in [5.74, 6) is 0.433. The van der Waals surface area contributed by atoms with Crippen LogP contribution in [0.3, 0.4) is 0 Å². The highest BCUT2D eigenvalue weighted by molar-refractivity contribution is 7.12. The maximum absolute atomic E-state index is 12.5. The number of rotatable bonds is 6. The lowest BCUT2D eigenvalue weighted by atomic mass is 10.1. The second-order valence-electron chi connectivity index (χ2n) is 6.54. The van der Waals surface area contributed by atoms with Crippen molar-refractivity contribution in [2.24, 2.45) is 0 Å². The molecule has 0 radical (unpaired) electrons. The molecule has 144 valence electrons. The number of hydrogen-bond acceptors (Lipinski definition) is 5. The molecule has 3 aromatic rings. The Morgan fingerprint density at radius 2 is 1.96 bits per heavy atom. The summed E-state index contributed by atoms with van der Waals surface area (Å²) in [5.41, 5.74) is 3.93. The number of nitrogens with one attached hydrogen (secondary N) is 1. The van der Waals surface area contributed by atoms with Crippen LogP contribution in [0.4, 0.5) is 11.4 Å². The van der Waals surface area contributed by atoms with Crippen molar-refractivity contribution in [3.8, 4) is 5.75 Å². The lowest BCUT2D eigenvalue weighted by Gasteiger charge is -2.09. The second-order valence-corrected chi connectivity index (χ2v) is 7.45. The molecule has 0 aliphatic carbocycles. The summed E-state index contributed by atoms with van der Waals surface area (Å²) in [7, 11) is 0. The van der Waals surface area contributed by atoms with E-state index in [1.807, 2.05) is 37.4 Å². The van der Waals surface area contributed by atoms with Crippen molar-refractivity contribution in [1.29, 1.82) is 0 Å². The first-order valence-electron chi connectivity index (χ1n) is 8.68. The van der Waals surface area contributed by atoms with Crippen LogP contribution in [0.25, 0.3) is 0 Å². The molecule has 0 fully saturated rings. The average molecular weight is 396 g/mol. The maximum Gasteiger partial charge on any atom is 0.293 e. The van der Waals surface area contributed by atoms with Gasteiger partial charge in [-0.3, -0.25) is 14.9 Å². The van der Waals surface area contributed by atoms with Gasteiger partial charge in [-0.15, -0.1) is 11.3 Å². The molecule has 2 aromatic carbocycles. The molecule has 1 N–H and O–H groups in total. The van der Waals surface area contributed by atoms with Gasteiger partial charge in [-0.05, 0) is 61.0 Å². The van der Waals surface area contributed by atoms with Crippen molar-refractivity contribution < 1.29 is 14.5 Å². The molecule has 0 spiro atoms. The van der Waals surface area contributed by atoms with Crippen LogP contribution in [-0.2, 0) is 6.61 Å². The van der Waals surface area contributed by atoms with E-state index in [9.17, 15) is 14.9 Å². The quantitative estimate of drug-likeness (QED) is 0.446. The maximum atomic E-state index is 12.5. The number of benzene rings is 2. The Labute approximate surface area is 166 Å². The highest BCUT2D eigenvalue weighted by atomic mass is 32.1. The zero-order valence-electron chi connectivity index (χ0n) is 15.8. The number of nitrogens with zero attached hydrogens (tertiary/aromatic N) is 1. The first-order chi connectivity index (χ1) is 13.3. The number of anilines is 1. The molecule has 3 rings (SSSR count). The zero-order valence-corrected chi connectivity index (χ0v) is 16.6. The van der Waals surface area contributed by atoms with Gasteiger partial charge in [0.15, 0.2) is 0 Å². The molecule has 1 amide bonds. The number of carbonyl (C=O) groups is 1. The van der Waals surface area contributed by atoms with E-state index in [-0.39, 0.29) is 17.3 Å². The van der Waals surface area contributed by atoms with Gasteiger partial charge in [0.25, 0.3) is 11.6 Å². The van der Waals surface area contributed by atoms with Crippen molar-refractivity contribution >= 4 is 28.6 Å². The van der Waals surface area contributed by atoms with Gasteiger partial charge in [-0.25, -0.2) is 0 Å². The van der Waals surface area contributed by atoms with Gasteiger partial charge in [-0.1, -0.05) is 18.2 Å². The van der Waals surface area contributed by atoms with Crippen LogP contribution in [-0.4, -0.2) is 10.8 Å². The summed E-state index contributed by atoms with van der Waals surface area (Å²) in [6.07, 6.45) is 0. The minimum absolute atomic E-state index is 0.122. The third kappa shape index (κ3) is 4.37. The van der Waals surface area contributed by atoms with Gasteiger partial charge in [0, 0.05) is 11.6 Å². The molecular formula is C21H20N2O4S. The Morgan fingerprint density at radius 3 is 2.71 bits per heavy atom. The van der Waals surface area contributed by atoms with Crippen LogP contribution in [0, 0.1) is 30.9 Å². The van der Waals surface area contributed by atoms with Crippen molar-refractivity contribution in [1.82, 2.24) is 0 Å². The lowest BCUT2D eigenvalue weighted by molar-refractivity contribution is -0.384. The van der Waals surface area contributed by atoms with Gasteiger partial charge in [-0.2, -0.15) is 0 Å². The standard InChI is InChI=1S/C21H20N2O4S/c1-13-7-8-17(18(9-13)23(25)26)22-21(24)20-10-16(12-28-20)11-27-19-6-4-5-14(2)15(19)3/h4-10,12H,11H2,1-3H3,(H,22,24). The number of nitro benzene ring substituents is 1. The van der Waals surface area contributed by atoms with Gasteiger partial charge in [0.05, 0.1) is 9.80 Å². The first kappa shape index (κ1) is 19.6. The van der Waals surface area contributed by atoms with Crippen LogP contribution in [0.15, 0.2) is 47.8 Å². The monoisotopic (exact) mass is 396 g/mol. The second kappa shape index (κ2) is 8.22. The normalized spacial score (nSPS) is 10.5. The summed E-state index contributed by atoms with van der Waals surface area (Å²) < 4.78 is 5.86. The lowest BCUT2D eigenvalue weighted by Crippen LogP contribution is -2.11. The molecule has 0 saturated carbocycles. The zero-order chi connectivity index (χ0) is 20.3. The Morgan fingerprint density at radius 1 is 1.18 bits per heavy atom. The number of aryl methyl sites for hydroxylation is 2. The fraction of sp³-hybridized carbons (Fsp3) is 0.190. The highest BCUT2D eigenvalue weighted by Crippen LogP contribution is 2.27. The van der Waals surface area contributed by atoms with Gasteiger partial charge >= 0.3 is 0 Å². The van der Waals surface area contributed by atoms with E-state index in [1.54, 1.807) is 25.1 Å². The summed E-state index contributed by atoms with van der Waals surface area (Å²) in [4.78, 5) is 23.7. The van der Waals surface area contributed by atoms with E-state index in [2.05, 4.69) is 5.32 Å². The Balaban J connectivity index is 1.69. The van der Waals surface area contributed by atoms with Gasteiger partial charge in [0.1, 0.15) is 18.0 Å². The topological polar surface area (TPSA) is 81.5 Å². The number of nitro groups is 1. The summed E-state index contributed by atoms with van der Waals surface area (Å²) >= 11 is 1.27. The molecule has 1 heterocycles. The molecule has 6 nitrogen and oxygen atoms in total. The van der Waals surface area contributed by atoms with E-state index in [0.717, 1.165) is 28.0 Å². The Bertz CT molecular complexity index is 1040. The Kier molecular flexibility index (Phi) is 5.75. The van der Waals surface area contributed by atoms with E-state index < -0.39 is 4.92 Å². The molecule has 0 atom stereocenters. The summed E-state index contributed by atoms with van der Waals surface area (Å²) in [6, 6.07) is 12.3. The molecule has 0 saturated heterocycles. The van der Waals surface area contributed by atoms with E-state index >= 15 is 0 Å². The van der Waals surface area contributed by atoms with Crippen molar-refractivity contribution in [2.75, 3.05) is 5.32 Å². The van der Waals surface area contributed by atoms with Crippen molar-refractivity contribution in [3.05, 3.63) is 85.1 Å². The predicted octanol–water partition coefficient (Wildman–Crippen LogP) is 5.41. The van der Waals surface area contributed by atoms with Crippen LogP contribution < -0.4 is 10.1 Å². The number of carbonyl (C=O) groups excluding carboxylic acids is 1. The molecular weight excluding hydrogens is 376 g/mol. The van der Waals surface area contributed by atoms with Crippen LogP contribution in [0.1, 0.15) is 31.9 Å². The average Bonchev–Trinajstić information content (AvgIpc) is 3.13. The van der Waals surface area contributed by atoms with Crippen molar-refractivity contribution in [3.63, 3.8) is 0 Å². The predicted molar refractivity (Wildman–Crippen MR) is 110 cm³/mol. The molecule has 1 aromatic heterocycles. The number of ether oxygens (including phenoxy) is 1. The van der Waals surface area contributed by atoms with E-state index in [4.69, 9.17) is 4.74 Å². The molecule has 0 bridgehead atoms. The summed E-state index contributed by atoms with van der Waals surface area (Å²) in [6.45, 7) is 6.14. The largest absolute Gasteiger partial charge is 0.489 e. The molecule has 28 heavy (non-hydrogen) atoms.